The van der Waals surface area contributed by atoms with Crippen LogP contribution >= 0.6 is 0 Å². The van der Waals surface area contributed by atoms with Gasteiger partial charge in [-0.2, -0.15) is 0 Å². The zero-order chi connectivity index (χ0) is 13.6. The number of carboxylic acid groups (broad SMARTS) is 2. The molecular formula is C10H13NO6. The van der Waals surface area contributed by atoms with Crippen LogP contribution < -0.4 is 5.73 Å². The summed E-state index contributed by atoms with van der Waals surface area (Å²) in [5.74, 6) is -2.66. The van der Waals surface area contributed by atoms with Crippen LogP contribution in [0.5, 0.6) is 5.75 Å². The molecule has 7 nitrogen and oxygen atoms in total. The molecular weight excluding hydrogens is 230 g/mol. The third-order valence-electron chi connectivity index (χ3n) is 1.61. The Morgan fingerprint density at radius 2 is 1.76 bits per heavy atom. The SMILES string of the molecule is CC(O)C(=O)O.Nc1ccc(C(=O)O)c(O)c1. The van der Waals surface area contributed by atoms with Gasteiger partial charge in [-0.25, -0.2) is 9.59 Å². The van der Waals surface area contributed by atoms with E-state index in [4.69, 9.17) is 26.2 Å². The molecule has 94 valence electrons. The Balaban J connectivity index is 0.000000366. The molecule has 6 N–H and O–H groups in total. The number of benzene rings is 1. The predicted molar refractivity (Wildman–Crippen MR) is 58.8 cm³/mol. The maximum atomic E-state index is 10.3. The number of carbonyl (C=O) groups is 2. The molecule has 1 aromatic rings. The Bertz CT molecular complexity index is 415. The number of hydrogen-bond donors (Lipinski definition) is 5. The Hall–Kier alpha value is -2.28. The molecule has 0 saturated carbocycles. The van der Waals surface area contributed by atoms with Crippen molar-refractivity contribution in [1.82, 2.24) is 0 Å². The van der Waals surface area contributed by atoms with Gasteiger partial charge in [-0.15, -0.1) is 0 Å². The number of rotatable bonds is 2. The lowest BCUT2D eigenvalue weighted by molar-refractivity contribution is -0.145. The van der Waals surface area contributed by atoms with Crippen molar-refractivity contribution in [2.75, 3.05) is 5.73 Å². The summed E-state index contributed by atoms with van der Waals surface area (Å²) >= 11 is 0. The first-order valence-electron chi connectivity index (χ1n) is 4.48. The van der Waals surface area contributed by atoms with Gasteiger partial charge in [0.1, 0.15) is 17.4 Å². The number of aliphatic hydroxyl groups is 1. The van der Waals surface area contributed by atoms with Gasteiger partial charge in [0.05, 0.1) is 0 Å². The van der Waals surface area contributed by atoms with Gasteiger partial charge in [-0.05, 0) is 19.1 Å². The van der Waals surface area contributed by atoms with Crippen LogP contribution in [0.25, 0.3) is 0 Å². The zero-order valence-electron chi connectivity index (χ0n) is 8.99. The van der Waals surface area contributed by atoms with Gasteiger partial charge >= 0.3 is 11.9 Å². The van der Waals surface area contributed by atoms with E-state index in [0.29, 0.717) is 5.69 Å². The molecule has 0 spiro atoms. The molecule has 1 rings (SSSR count). The summed E-state index contributed by atoms with van der Waals surface area (Å²) in [5.41, 5.74) is 5.48. The summed E-state index contributed by atoms with van der Waals surface area (Å²) in [6, 6.07) is 3.87. The average Bonchev–Trinajstić information content (AvgIpc) is 2.17. The molecule has 0 aliphatic carbocycles. The van der Waals surface area contributed by atoms with Crippen molar-refractivity contribution in [3.8, 4) is 5.75 Å². The van der Waals surface area contributed by atoms with Crippen molar-refractivity contribution < 1.29 is 30.0 Å². The number of aromatic hydroxyl groups is 1. The number of nitrogens with two attached hydrogens (primary N) is 1. The molecule has 0 radical (unpaired) electrons. The van der Waals surface area contributed by atoms with Crippen LogP contribution in [0.2, 0.25) is 0 Å². The number of aliphatic carboxylic acids is 1. The molecule has 7 heteroatoms. The summed E-state index contributed by atoms with van der Waals surface area (Å²) in [4.78, 5) is 19.8. The maximum Gasteiger partial charge on any atom is 0.339 e. The van der Waals surface area contributed by atoms with E-state index in [1.165, 1.54) is 25.1 Å². The molecule has 0 aliphatic rings. The summed E-state index contributed by atoms with van der Waals surface area (Å²) in [5, 5.41) is 33.2. The second-order valence-electron chi connectivity index (χ2n) is 3.10. The normalized spacial score (nSPS) is 10.9. The van der Waals surface area contributed by atoms with Crippen LogP contribution in [0, 0.1) is 0 Å². The summed E-state index contributed by atoms with van der Waals surface area (Å²) < 4.78 is 0. The third kappa shape index (κ3) is 5.38. The molecule has 1 unspecified atom stereocenters. The van der Waals surface area contributed by atoms with Crippen molar-refractivity contribution in [1.29, 1.82) is 0 Å². The lowest BCUT2D eigenvalue weighted by Gasteiger charge is -1.98. The van der Waals surface area contributed by atoms with Crippen LogP contribution in [0.3, 0.4) is 0 Å². The van der Waals surface area contributed by atoms with E-state index in [2.05, 4.69) is 0 Å². The van der Waals surface area contributed by atoms with Crippen molar-refractivity contribution >= 4 is 17.6 Å². The Morgan fingerprint density at radius 3 is 2.06 bits per heavy atom. The Labute approximate surface area is 96.7 Å². The van der Waals surface area contributed by atoms with Crippen LogP contribution in [0.4, 0.5) is 5.69 Å². The van der Waals surface area contributed by atoms with Gasteiger partial charge in [-0.3, -0.25) is 0 Å². The number of anilines is 1. The van der Waals surface area contributed by atoms with E-state index in [1.54, 1.807) is 0 Å². The Morgan fingerprint density at radius 1 is 1.29 bits per heavy atom. The zero-order valence-corrected chi connectivity index (χ0v) is 8.99. The number of phenols is 1. The molecule has 1 aromatic carbocycles. The highest BCUT2D eigenvalue weighted by Crippen LogP contribution is 2.19. The lowest BCUT2D eigenvalue weighted by atomic mass is 10.2. The quantitative estimate of drug-likeness (QED) is 0.464. The summed E-state index contributed by atoms with van der Waals surface area (Å²) in [6.07, 6.45) is -1.23. The first kappa shape index (κ1) is 14.7. The molecule has 0 bridgehead atoms. The average molecular weight is 243 g/mol. The van der Waals surface area contributed by atoms with E-state index in [9.17, 15) is 9.59 Å². The molecule has 0 saturated heterocycles. The predicted octanol–water partition coefficient (Wildman–Crippen LogP) is 0.124. The van der Waals surface area contributed by atoms with Crippen LogP contribution in [-0.4, -0.2) is 38.5 Å². The number of aliphatic hydroxyl groups excluding tert-OH is 1. The van der Waals surface area contributed by atoms with E-state index >= 15 is 0 Å². The Kier molecular flexibility index (Phi) is 5.48. The highest BCUT2D eigenvalue weighted by molar-refractivity contribution is 5.91. The number of aromatic carboxylic acids is 1. The largest absolute Gasteiger partial charge is 0.507 e. The fourth-order valence-corrected chi connectivity index (χ4v) is 0.730. The van der Waals surface area contributed by atoms with Gasteiger partial charge in [0.2, 0.25) is 0 Å². The lowest BCUT2D eigenvalue weighted by Crippen LogP contribution is -2.13. The minimum absolute atomic E-state index is 0.140. The molecule has 17 heavy (non-hydrogen) atoms. The van der Waals surface area contributed by atoms with Crippen LogP contribution in [0.1, 0.15) is 17.3 Å². The summed E-state index contributed by atoms with van der Waals surface area (Å²) in [7, 11) is 0. The first-order valence-corrected chi connectivity index (χ1v) is 4.48. The maximum absolute atomic E-state index is 10.3. The monoisotopic (exact) mass is 243 g/mol. The second kappa shape index (κ2) is 6.33. The number of nitrogen functional groups attached to an aromatic ring is 1. The molecule has 1 atom stereocenters. The standard InChI is InChI=1S/C7H7NO3.C3H6O3/c8-4-1-2-5(7(10)11)6(9)3-4;1-2(4)3(5)6/h1-3,9H,8H2,(H,10,11);2,4H,1H3,(H,5,6). The molecule has 0 fully saturated rings. The third-order valence-corrected chi connectivity index (χ3v) is 1.61. The summed E-state index contributed by atoms with van der Waals surface area (Å²) in [6.45, 7) is 1.20. The van der Waals surface area contributed by atoms with Gasteiger partial charge in [0, 0.05) is 11.8 Å². The number of hydrogen-bond acceptors (Lipinski definition) is 5. The molecule has 0 aliphatic heterocycles. The highest BCUT2D eigenvalue weighted by Gasteiger charge is 2.07. The molecule has 0 heterocycles. The van der Waals surface area contributed by atoms with E-state index in [-0.39, 0.29) is 11.3 Å². The highest BCUT2D eigenvalue weighted by atomic mass is 16.4. The smallest absolute Gasteiger partial charge is 0.339 e. The van der Waals surface area contributed by atoms with E-state index in [1.807, 2.05) is 0 Å². The van der Waals surface area contributed by atoms with Gasteiger partial charge in [0.25, 0.3) is 0 Å². The minimum atomic E-state index is -1.23. The fourth-order valence-electron chi connectivity index (χ4n) is 0.730. The van der Waals surface area contributed by atoms with Crippen molar-refractivity contribution in [2.45, 2.75) is 13.0 Å². The van der Waals surface area contributed by atoms with E-state index in [0.717, 1.165) is 0 Å². The fraction of sp³-hybridized carbons (Fsp3) is 0.200. The van der Waals surface area contributed by atoms with Crippen molar-refractivity contribution in [3.05, 3.63) is 23.8 Å². The molecule has 0 amide bonds. The first-order chi connectivity index (χ1) is 7.75. The van der Waals surface area contributed by atoms with E-state index < -0.39 is 18.0 Å². The van der Waals surface area contributed by atoms with Crippen molar-refractivity contribution in [3.63, 3.8) is 0 Å². The van der Waals surface area contributed by atoms with Crippen LogP contribution in [-0.2, 0) is 4.79 Å². The second-order valence-corrected chi connectivity index (χ2v) is 3.10. The number of carboxylic acids is 2. The minimum Gasteiger partial charge on any atom is -0.507 e. The van der Waals surface area contributed by atoms with Crippen molar-refractivity contribution in [2.24, 2.45) is 0 Å². The van der Waals surface area contributed by atoms with Crippen LogP contribution in [0.15, 0.2) is 18.2 Å². The topological polar surface area (TPSA) is 141 Å². The van der Waals surface area contributed by atoms with Gasteiger partial charge < -0.3 is 26.2 Å². The van der Waals surface area contributed by atoms with Gasteiger partial charge in [-0.1, -0.05) is 0 Å². The van der Waals surface area contributed by atoms with Gasteiger partial charge in [0.15, 0.2) is 0 Å². The molecule has 0 aromatic heterocycles.